The number of halogens is 1. The molecule has 0 saturated carbocycles. The summed E-state index contributed by atoms with van der Waals surface area (Å²) >= 11 is 5.84. The highest BCUT2D eigenvalue weighted by Crippen LogP contribution is 2.26. The Hall–Kier alpha value is -1.28. The van der Waals surface area contributed by atoms with Crippen LogP contribution in [0.1, 0.15) is 25.5 Å². The second kappa shape index (κ2) is 5.87. The summed E-state index contributed by atoms with van der Waals surface area (Å²) < 4.78 is 5.80. The van der Waals surface area contributed by atoms with Gasteiger partial charge in [0.05, 0.1) is 23.7 Å². The maximum atomic E-state index is 5.84. The Labute approximate surface area is 107 Å². The zero-order valence-electron chi connectivity index (χ0n) is 9.95. The van der Waals surface area contributed by atoms with Crippen LogP contribution in [0.4, 0.5) is 0 Å². The number of rotatable bonds is 5. The number of hydrogen-bond donors (Lipinski definition) is 0. The lowest BCUT2D eigenvalue weighted by Crippen LogP contribution is -1.99. The van der Waals surface area contributed by atoms with Gasteiger partial charge in [-0.1, -0.05) is 25.5 Å². The fraction of sp³-hybridized carbons (Fsp3) is 0.357. The van der Waals surface area contributed by atoms with Gasteiger partial charge in [-0.2, -0.15) is 0 Å². The van der Waals surface area contributed by atoms with Gasteiger partial charge in [0.2, 0.25) is 0 Å². The number of hydrogen-bond acceptors (Lipinski definition) is 2. The quantitative estimate of drug-likeness (QED) is 0.587. The van der Waals surface area contributed by atoms with Crippen LogP contribution in [0.3, 0.4) is 0 Å². The first-order valence-electron chi connectivity index (χ1n) is 5.92. The number of nitrogens with zero attached hydrogens (tertiary/aromatic N) is 1. The van der Waals surface area contributed by atoms with Crippen molar-refractivity contribution < 1.29 is 4.74 Å². The van der Waals surface area contributed by atoms with Gasteiger partial charge in [-0.15, -0.1) is 11.6 Å². The Balaban J connectivity index is 2.36. The third kappa shape index (κ3) is 2.89. The molecule has 0 amide bonds. The average molecular weight is 250 g/mol. The van der Waals surface area contributed by atoms with E-state index >= 15 is 0 Å². The summed E-state index contributed by atoms with van der Waals surface area (Å²) in [5, 5.41) is 1.05. The lowest BCUT2D eigenvalue weighted by Gasteiger charge is -2.10. The molecule has 0 aliphatic rings. The van der Waals surface area contributed by atoms with Gasteiger partial charge in [-0.3, -0.25) is 4.98 Å². The van der Waals surface area contributed by atoms with E-state index in [1.165, 1.54) is 0 Å². The molecular weight excluding hydrogens is 234 g/mol. The Morgan fingerprint density at radius 1 is 1.29 bits per heavy atom. The van der Waals surface area contributed by atoms with Gasteiger partial charge >= 0.3 is 0 Å². The van der Waals surface area contributed by atoms with Gasteiger partial charge < -0.3 is 4.74 Å². The Bertz CT molecular complexity index is 499. The molecule has 1 aromatic carbocycles. The fourth-order valence-electron chi connectivity index (χ4n) is 1.71. The second-order valence-corrected chi connectivity index (χ2v) is 4.23. The van der Waals surface area contributed by atoms with Crippen molar-refractivity contribution in [2.75, 3.05) is 6.61 Å². The molecule has 90 valence electrons. The summed E-state index contributed by atoms with van der Waals surface area (Å²) in [5.41, 5.74) is 1.80. The van der Waals surface area contributed by atoms with Crippen molar-refractivity contribution in [3.05, 3.63) is 36.0 Å². The number of para-hydroxylation sites is 1. The van der Waals surface area contributed by atoms with E-state index in [1.807, 2.05) is 30.3 Å². The molecule has 0 aliphatic heterocycles. The molecule has 2 nitrogen and oxygen atoms in total. The van der Waals surface area contributed by atoms with Crippen molar-refractivity contribution in [3.63, 3.8) is 0 Å². The SMILES string of the molecule is CCCCOc1cc(CCl)nc2ccccc12. The first-order chi connectivity index (χ1) is 8.35. The third-order valence-corrected chi connectivity index (χ3v) is 2.90. The maximum Gasteiger partial charge on any atom is 0.130 e. The molecule has 2 aromatic rings. The maximum absolute atomic E-state index is 5.84. The van der Waals surface area contributed by atoms with E-state index in [9.17, 15) is 0 Å². The zero-order chi connectivity index (χ0) is 12.1. The predicted octanol–water partition coefficient (Wildman–Crippen LogP) is 4.15. The third-order valence-electron chi connectivity index (χ3n) is 2.62. The number of benzene rings is 1. The van der Waals surface area contributed by atoms with Crippen molar-refractivity contribution in [3.8, 4) is 5.75 Å². The van der Waals surface area contributed by atoms with Crippen molar-refractivity contribution in [2.24, 2.45) is 0 Å². The molecule has 0 N–H and O–H groups in total. The van der Waals surface area contributed by atoms with Crippen LogP contribution in [0.15, 0.2) is 30.3 Å². The lowest BCUT2D eigenvalue weighted by atomic mass is 10.2. The van der Waals surface area contributed by atoms with E-state index < -0.39 is 0 Å². The molecule has 1 heterocycles. The first-order valence-corrected chi connectivity index (χ1v) is 6.46. The molecule has 0 atom stereocenters. The molecule has 0 aliphatic carbocycles. The van der Waals surface area contributed by atoms with E-state index in [0.717, 1.165) is 41.8 Å². The van der Waals surface area contributed by atoms with Crippen LogP contribution < -0.4 is 4.74 Å². The average Bonchev–Trinajstić information content (AvgIpc) is 2.38. The molecule has 0 saturated heterocycles. The van der Waals surface area contributed by atoms with Crippen LogP contribution in [0, 0.1) is 0 Å². The monoisotopic (exact) mass is 249 g/mol. The van der Waals surface area contributed by atoms with Crippen molar-refractivity contribution in [1.29, 1.82) is 0 Å². The zero-order valence-corrected chi connectivity index (χ0v) is 10.7. The number of unbranched alkanes of at least 4 members (excludes halogenated alkanes) is 1. The van der Waals surface area contributed by atoms with Gasteiger partial charge in [0.15, 0.2) is 0 Å². The number of pyridine rings is 1. The second-order valence-electron chi connectivity index (χ2n) is 3.96. The highest BCUT2D eigenvalue weighted by Gasteiger charge is 2.05. The summed E-state index contributed by atoms with van der Waals surface area (Å²) in [7, 11) is 0. The number of alkyl halides is 1. The van der Waals surface area contributed by atoms with Crippen molar-refractivity contribution in [1.82, 2.24) is 4.98 Å². The largest absolute Gasteiger partial charge is 0.493 e. The normalized spacial score (nSPS) is 10.7. The van der Waals surface area contributed by atoms with Gasteiger partial charge in [0.1, 0.15) is 5.75 Å². The summed E-state index contributed by atoms with van der Waals surface area (Å²) in [6.07, 6.45) is 2.19. The van der Waals surface area contributed by atoms with Crippen LogP contribution in [0.2, 0.25) is 0 Å². The number of fused-ring (bicyclic) bond motifs is 1. The van der Waals surface area contributed by atoms with Gasteiger partial charge in [-0.25, -0.2) is 0 Å². The van der Waals surface area contributed by atoms with Crippen molar-refractivity contribution >= 4 is 22.5 Å². The Kier molecular flexibility index (Phi) is 4.21. The summed E-state index contributed by atoms with van der Waals surface area (Å²) in [6.45, 7) is 2.89. The molecule has 0 spiro atoms. The van der Waals surface area contributed by atoms with E-state index in [1.54, 1.807) is 0 Å². The predicted molar refractivity (Wildman–Crippen MR) is 71.7 cm³/mol. The lowest BCUT2D eigenvalue weighted by molar-refractivity contribution is 0.312. The molecule has 0 bridgehead atoms. The molecular formula is C14H16ClNO. The van der Waals surface area contributed by atoms with Crippen LogP contribution in [0.5, 0.6) is 5.75 Å². The Morgan fingerprint density at radius 2 is 2.12 bits per heavy atom. The minimum absolute atomic E-state index is 0.412. The summed E-state index contributed by atoms with van der Waals surface area (Å²) in [4.78, 5) is 4.47. The minimum Gasteiger partial charge on any atom is -0.493 e. The van der Waals surface area contributed by atoms with Crippen LogP contribution in [-0.2, 0) is 5.88 Å². The molecule has 0 fully saturated rings. The van der Waals surface area contributed by atoms with Crippen molar-refractivity contribution in [2.45, 2.75) is 25.6 Å². The standard InChI is InChI=1S/C14H16ClNO/c1-2-3-8-17-14-9-11(10-15)16-13-7-5-4-6-12(13)14/h4-7,9H,2-3,8,10H2,1H3. The first kappa shape index (κ1) is 12.2. The number of ether oxygens (including phenoxy) is 1. The molecule has 3 heteroatoms. The smallest absolute Gasteiger partial charge is 0.130 e. The number of aromatic nitrogens is 1. The van der Waals surface area contributed by atoms with Crippen LogP contribution in [-0.4, -0.2) is 11.6 Å². The van der Waals surface area contributed by atoms with E-state index in [4.69, 9.17) is 16.3 Å². The summed E-state index contributed by atoms with van der Waals surface area (Å²) in [6, 6.07) is 9.92. The van der Waals surface area contributed by atoms with Gasteiger partial charge in [0, 0.05) is 11.5 Å². The van der Waals surface area contributed by atoms with Crippen LogP contribution in [0.25, 0.3) is 10.9 Å². The highest BCUT2D eigenvalue weighted by atomic mass is 35.5. The highest BCUT2D eigenvalue weighted by molar-refractivity contribution is 6.17. The van der Waals surface area contributed by atoms with Gasteiger partial charge in [-0.05, 0) is 18.6 Å². The molecule has 2 rings (SSSR count). The summed E-state index contributed by atoms with van der Waals surface area (Å²) in [5.74, 6) is 1.30. The molecule has 0 radical (unpaired) electrons. The van der Waals surface area contributed by atoms with E-state index in [2.05, 4.69) is 11.9 Å². The van der Waals surface area contributed by atoms with Crippen LogP contribution >= 0.6 is 11.6 Å². The van der Waals surface area contributed by atoms with Gasteiger partial charge in [0.25, 0.3) is 0 Å². The molecule has 1 aromatic heterocycles. The fourth-order valence-corrected chi connectivity index (χ4v) is 1.85. The topological polar surface area (TPSA) is 22.1 Å². The van der Waals surface area contributed by atoms with E-state index in [-0.39, 0.29) is 0 Å². The van der Waals surface area contributed by atoms with E-state index in [0.29, 0.717) is 5.88 Å². The molecule has 17 heavy (non-hydrogen) atoms. The molecule has 0 unspecified atom stereocenters. The minimum atomic E-state index is 0.412. The Morgan fingerprint density at radius 3 is 2.88 bits per heavy atom.